The second kappa shape index (κ2) is 20.9. The van der Waals surface area contributed by atoms with Gasteiger partial charge in [0.05, 0.1) is 6.61 Å². The molecule has 282 valence electrons. The lowest BCUT2D eigenvalue weighted by Gasteiger charge is -2.58. The number of ether oxygens (including phenoxy) is 1. The van der Waals surface area contributed by atoms with Crippen LogP contribution in [0.15, 0.2) is 23.8 Å². The van der Waals surface area contributed by atoms with Gasteiger partial charge in [-0.15, -0.1) is 0 Å². The summed E-state index contributed by atoms with van der Waals surface area (Å²) in [6, 6.07) is 0. The Morgan fingerprint density at radius 2 is 1.47 bits per heavy atom. The first-order valence-electron chi connectivity index (χ1n) is 22.2. The lowest BCUT2D eigenvalue weighted by molar-refractivity contribution is -0.143. The molecular weight excluding hydrogens is 597 g/mol. The van der Waals surface area contributed by atoms with Crippen molar-refractivity contribution >= 4 is 5.97 Å². The smallest absolute Gasteiger partial charge is 0.305 e. The van der Waals surface area contributed by atoms with E-state index >= 15 is 0 Å². The average Bonchev–Trinajstić information content (AvgIpc) is 3.43. The van der Waals surface area contributed by atoms with E-state index < -0.39 is 0 Å². The zero-order chi connectivity index (χ0) is 35.1. The monoisotopic (exact) mass is 679 g/mol. The predicted octanol–water partition coefficient (Wildman–Crippen LogP) is 14.6. The van der Waals surface area contributed by atoms with Crippen molar-refractivity contribution in [2.24, 2.45) is 52.3 Å². The lowest BCUT2D eigenvalue weighted by Crippen LogP contribution is -2.50. The van der Waals surface area contributed by atoms with Crippen LogP contribution in [0, 0.1) is 52.3 Å². The standard InChI is InChI=1S/C47H82O2/c1-7-49-45(48)27-22-20-18-16-14-12-10-8-9-11-13-15-17-19-21-26-39-32-34-46(5)40(36-39)28-29-41-43-31-30-42(38(4)25-23-24-37(2)3)47(43,6)35-33-44(41)46/h8,10,28,37-39,41-44H,7,9,11-27,29-36H2,1-6H3/t38-,39?,41?,42-,43?,44?,46+,47-/m1/s1. The Morgan fingerprint density at radius 1 is 0.796 bits per heavy atom. The van der Waals surface area contributed by atoms with Gasteiger partial charge in [-0.1, -0.05) is 135 Å². The Hall–Kier alpha value is -1.05. The quantitative estimate of drug-likeness (QED) is 0.0611. The summed E-state index contributed by atoms with van der Waals surface area (Å²) in [6.07, 6.45) is 42.9. The maximum Gasteiger partial charge on any atom is 0.305 e. The van der Waals surface area contributed by atoms with Gasteiger partial charge in [-0.05, 0) is 143 Å². The number of hydrogen-bond acceptors (Lipinski definition) is 2. The van der Waals surface area contributed by atoms with E-state index in [1.54, 1.807) is 0 Å². The fraction of sp³-hybridized carbons (Fsp3) is 0.894. The van der Waals surface area contributed by atoms with Gasteiger partial charge in [-0.25, -0.2) is 0 Å². The minimum atomic E-state index is -0.0343. The first-order valence-corrected chi connectivity index (χ1v) is 22.2. The van der Waals surface area contributed by atoms with Crippen LogP contribution in [-0.4, -0.2) is 12.6 Å². The molecule has 4 aliphatic rings. The van der Waals surface area contributed by atoms with Crippen LogP contribution in [0.5, 0.6) is 0 Å². The number of unbranched alkanes of at least 4 members (excludes halogenated alkanes) is 11. The second-order valence-corrected chi connectivity index (χ2v) is 18.7. The molecule has 49 heavy (non-hydrogen) atoms. The summed E-state index contributed by atoms with van der Waals surface area (Å²) in [6.45, 7) is 15.3. The molecule has 0 aliphatic heterocycles. The highest BCUT2D eigenvalue weighted by Crippen LogP contribution is 2.67. The fourth-order valence-electron chi connectivity index (χ4n) is 11.9. The molecule has 4 unspecified atom stereocenters. The average molecular weight is 679 g/mol. The Balaban J connectivity index is 1.05. The SMILES string of the molecule is CCOC(=O)CCCCCCCC=CCCCCCCCCC1CC[C@@]2(C)C(=CCC3C2CC[C@@]2(C)C3CC[C@@H]2[C@H](C)CCCC(C)C)C1. The molecule has 0 bridgehead atoms. The van der Waals surface area contributed by atoms with Gasteiger partial charge in [0.25, 0.3) is 0 Å². The summed E-state index contributed by atoms with van der Waals surface area (Å²) < 4.78 is 4.99. The molecule has 2 nitrogen and oxygen atoms in total. The molecule has 0 amide bonds. The third-order valence-electron chi connectivity index (χ3n) is 14.9. The van der Waals surface area contributed by atoms with Crippen LogP contribution in [-0.2, 0) is 9.53 Å². The molecule has 3 saturated carbocycles. The molecule has 0 saturated heterocycles. The van der Waals surface area contributed by atoms with E-state index in [9.17, 15) is 4.79 Å². The minimum Gasteiger partial charge on any atom is -0.466 e. The van der Waals surface area contributed by atoms with E-state index in [0.29, 0.717) is 23.9 Å². The number of fused-ring (bicyclic) bond motifs is 5. The van der Waals surface area contributed by atoms with E-state index in [-0.39, 0.29) is 5.97 Å². The van der Waals surface area contributed by atoms with Crippen LogP contribution in [0.25, 0.3) is 0 Å². The first kappa shape index (κ1) is 40.7. The summed E-state index contributed by atoms with van der Waals surface area (Å²) in [5.74, 6) is 6.61. The van der Waals surface area contributed by atoms with Crippen LogP contribution in [0.1, 0.15) is 208 Å². The predicted molar refractivity (Wildman–Crippen MR) is 212 cm³/mol. The Kier molecular flexibility index (Phi) is 17.3. The van der Waals surface area contributed by atoms with E-state index in [2.05, 4.69) is 52.8 Å². The molecule has 0 radical (unpaired) electrons. The first-order chi connectivity index (χ1) is 23.7. The number of rotatable bonds is 23. The Labute approximate surface area is 305 Å². The largest absolute Gasteiger partial charge is 0.466 e. The lowest BCUT2D eigenvalue weighted by atomic mass is 9.46. The van der Waals surface area contributed by atoms with Crippen molar-refractivity contribution in [2.75, 3.05) is 6.61 Å². The second-order valence-electron chi connectivity index (χ2n) is 18.7. The third-order valence-corrected chi connectivity index (χ3v) is 14.9. The molecule has 0 heterocycles. The summed E-state index contributed by atoms with van der Waals surface area (Å²) in [7, 11) is 0. The highest BCUT2D eigenvalue weighted by molar-refractivity contribution is 5.69. The highest BCUT2D eigenvalue weighted by atomic mass is 16.5. The third kappa shape index (κ3) is 11.7. The van der Waals surface area contributed by atoms with E-state index in [1.807, 2.05) is 12.5 Å². The zero-order valence-corrected chi connectivity index (χ0v) is 33.7. The maximum atomic E-state index is 11.4. The van der Waals surface area contributed by atoms with Gasteiger partial charge < -0.3 is 4.74 Å². The molecular formula is C47H82O2. The van der Waals surface area contributed by atoms with Gasteiger partial charge in [0, 0.05) is 6.42 Å². The van der Waals surface area contributed by atoms with Crippen LogP contribution in [0.3, 0.4) is 0 Å². The van der Waals surface area contributed by atoms with Crippen molar-refractivity contribution < 1.29 is 9.53 Å². The van der Waals surface area contributed by atoms with Crippen molar-refractivity contribution in [2.45, 2.75) is 208 Å². The molecule has 0 aromatic rings. The van der Waals surface area contributed by atoms with Gasteiger partial charge in [0.2, 0.25) is 0 Å². The zero-order valence-electron chi connectivity index (χ0n) is 33.7. The molecule has 3 fully saturated rings. The van der Waals surface area contributed by atoms with Crippen molar-refractivity contribution in [3.05, 3.63) is 23.8 Å². The summed E-state index contributed by atoms with van der Waals surface area (Å²) in [4.78, 5) is 11.4. The van der Waals surface area contributed by atoms with Crippen molar-refractivity contribution in [1.82, 2.24) is 0 Å². The normalized spacial score (nSPS) is 31.7. The van der Waals surface area contributed by atoms with Crippen LogP contribution >= 0.6 is 0 Å². The molecule has 0 aromatic heterocycles. The van der Waals surface area contributed by atoms with E-state index in [4.69, 9.17) is 4.74 Å². The van der Waals surface area contributed by atoms with Gasteiger partial charge in [0.1, 0.15) is 0 Å². The number of hydrogen-bond donors (Lipinski definition) is 0. The molecule has 0 spiro atoms. The van der Waals surface area contributed by atoms with Crippen molar-refractivity contribution in [3.8, 4) is 0 Å². The van der Waals surface area contributed by atoms with Crippen LogP contribution in [0.4, 0.5) is 0 Å². The number of allylic oxidation sites excluding steroid dienone is 4. The van der Waals surface area contributed by atoms with E-state index in [1.165, 1.54) is 148 Å². The number of carbonyl (C=O) groups is 1. The Morgan fingerprint density at radius 3 is 2.16 bits per heavy atom. The highest BCUT2D eigenvalue weighted by Gasteiger charge is 2.59. The van der Waals surface area contributed by atoms with Crippen molar-refractivity contribution in [1.29, 1.82) is 0 Å². The minimum absolute atomic E-state index is 0.0343. The molecule has 4 aliphatic carbocycles. The van der Waals surface area contributed by atoms with Gasteiger partial charge in [0.15, 0.2) is 0 Å². The molecule has 0 N–H and O–H groups in total. The Bertz CT molecular complexity index is 1010. The summed E-state index contributed by atoms with van der Waals surface area (Å²) >= 11 is 0. The molecule has 8 atom stereocenters. The van der Waals surface area contributed by atoms with Crippen LogP contribution < -0.4 is 0 Å². The van der Waals surface area contributed by atoms with Crippen LogP contribution in [0.2, 0.25) is 0 Å². The molecule has 0 aromatic carbocycles. The van der Waals surface area contributed by atoms with Gasteiger partial charge >= 0.3 is 5.97 Å². The number of carbonyl (C=O) groups excluding carboxylic acids is 1. The molecule has 2 heteroatoms. The van der Waals surface area contributed by atoms with Gasteiger partial charge in [-0.2, -0.15) is 0 Å². The summed E-state index contributed by atoms with van der Waals surface area (Å²) in [5, 5.41) is 0. The molecule has 4 rings (SSSR count). The maximum absolute atomic E-state index is 11.4. The topological polar surface area (TPSA) is 26.3 Å². The van der Waals surface area contributed by atoms with Crippen molar-refractivity contribution in [3.63, 3.8) is 0 Å². The van der Waals surface area contributed by atoms with Gasteiger partial charge in [-0.3, -0.25) is 4.79 Å². The fourth-order valence-corrected chi connectivity index (χ4v) is 11.9. The van der Waals surface area contributed by atoms with E-state index in [0.717, 1.165) is 54.3 Å². The summed E-state index contributed by atoms with van der Waals surface area (Å²) in [5.41, 5.74) is 3.04. The number of esters is 1.